The molecule has 0 amide bonds. The van der Waals surface area contributed by atoms with Crippen LogP contribution in [-0.4, -0.2) is 40.3 Å². The van der Waals surface area contributed by atoms with Gasteiger partial charge in [-0.05, 0) is 33.6 Å². The van der Waals surface area contributed by atoms with Crippen LogP contribution in [0.2, 0.25) is 6.04 Å². The van der Waals surface area contributed by atoms with Gasteiger partial charge in [-0.1, -0.05) is 103 Å². The number of aliphatic hydroxyl groups excluding tert-OH is 1. The lowest BCUT2D eigenvalue weighted by Gasteiger charge is -2.28. The first kappa shape index (κ1) is 31.1. The van der Waals surface area contributed by atoms with Crippen molar-refractivity contribution >= 4 is 8.80 Å². The van der Waals surface area contributed by atoms with Gasteiger partial charge in [0, 0.05) is 32.5 Å². The van der Waals surface area contributed by atoms with Crippen LogP contribution in [0.15, 0.2) is 0 Å². The minimum atomic E-state index is -2.42. The first-order valence-electron chi connectivity index (χ1n) is 13.8. The summed E-state index contributed by atoms with van der Waals surface area (Å²) in [4.78, 5) is 0. The minimum Gasteiger partial charge on any atom is -0.396 e. The molecule has 0 fully saturated rings. The van der Waals surface area contributed by atoms with Gasteiger partial charge in [-0.2, -0.15) is 0 Å². The van der Waals surface area contributed by atoms with E-state index < -0.39 is 8.80 Å². The fraction of sp³-hybridized carbons (Fsp3) is 1.00. The molecule has 0 saturated carbocycles. The lowest BCUT2D eigenvalue weighted by Crippen LogP contribution is -2.45. The van der Waals surface area contributed by atoms with Crippen molar-refractivity contribution in [2.75, 3.05) is 26.4 Å². The van der Waals surface area contributed by atoms with Crippen molar-refractivity contribution in [1.82, 2.24) is 0 Å². The van der Waals surface area contributed by atoms with E-state index >= 15 is 0 Å². The third-order valence-electron chi connectivity index (χ3n) is 5.98. The van der Waals surface area contributed by atoms with Gasteiger partial charge in [0.1, 0.15) is 0 Å². The number of unbranched alkanes of at least 4 members (excludes halogenated alkanes) is 17. The molecule has 1 N–H and O–H groups in total. The van der Waals surface area contributed by atoms with Crippen LogP contribution in [0.25, 0.3) is 0 Å². The Labute approximate surface area is 196 Å². The highest BCUT2D eigenvalue weighted by atomic mass is 28.4. The second-order valence-electron chi connectivity index (χ2n) is 8.82. The lowest BCUT2D eigenvalue weighted by molar-refractivity contribution is 0.0706. The average molecular weight is 461 g/mol. The van der Waals surface area contributed by atoms with Gasteiger partial charge in [0.2, 0.25) is 0 Å². The van der Waals surface area contributed by atoms with Crippen molar-refractivity contribution in [3.63, 3.8) is 0 Å². The normalized spacial score (nSPS) is 12.0. The summed E-state index contributed by atoms with van der Waals surface area (Å²) in [6.07, 6.45) is 24.1. The standard InChI is InChI=1S/C26H56O4Si/c1-4-28-31(29-5-2,30-6-3)26-24-22-20-18-16-14-12-10-8-7-9-11-13-15-17-19-21-23-25-27/h27H,4-26H2,1-3H3. The average Bonchev–Trinajstić information content (AvgIpc) is 2.76. The number of rotatable bonds is 26. The third-order valence-corrected chi connectivity index (χ3v) is 9.14. The molecule has 31 heavy (non-hydrogen) atoms. The van der Waals surface area contributed by atoms with E-state index in [1.165, 1.54) is 103 Å². The van der Waals surface area contributed by atoms with Crippen molar-refractivity contribution in [3.8, 4) is 0 Å². The summed E-state index contributed by atoms with van der Waals surface area (Å²) in [6, 6.07) is 0.965. The Bertz CT molecular complexity index is 324. The molecule has 0 heterocycles. The summed E-state index contributed by atoms with van der Waals surface area (Å²) >= 11 is 0. The van der Waals surface area contributed by atoms with Gasteiger partial charge in [-0.3, -0.25) is 0 Å². The van der Waals surface area contributed by atoms with Gasteiger partial charge in [0.25, 0.3) is 0 Å². The highest BCUT2D eigenvalue weighted by Gasteiger charge is 2.39. The molecular formula is C26H56O4Si. The topological polar surface area (TPSA) is 47.9 Å². The molecule has 5 heteroatoms. The summed E-state index contributed by atoms with van der Waals surface area (Å²) in [5.41, 5.74) is 0. The van der Waals surface area contributed by atoms with E-state index in [0.29, 0.717) is 26.4 Å². The van der Waals surface area contributed by atoms with Gasteiger partial charge >= 0.3 is 8.80 Å². The molecular weight excluding hydrogens is 404 g/mol. The third kappa shape index (κ3) is 20.4. The summed E-state index contributed by atoms with van der Waals surface area (Å²) in [6.45, 7) is 8.49. The highest BCUT2D eigenvalue weighted by molar-refractivity contribution is 6.60. The van der Waals surface area contributed by atoms with E-state index in [-0.39, 0.29) is 0 Å². The van der Waals surface area contributed by atoms with Crippen LogP contribution < -0.4 is 0 Å². The maximum atomic E-state index is 8.76. The Morgan fingerprint density at radius 2 is 0.677 bits per heavy atom. The molecule has 0 saturated heterocycles. The molecule has 0 spiro atoms. The molecule has 0 aromatic heterocycles. The van der Waals surface area contributed by atoms with E-state index in [9.17, 15) is 0 Å². The quantitative estimate of drug-likeness (QED) is 0.105. The van der Waals surface area contributed by atoms with Crippen molar-refractivity contribution in [2.45, 2.75) is 142 Å². The molecule has 0 aromatic carbocycles. The lowest BCUT2D eigenvalue weighted by atomic mass is 10.0. The van der Waals surface area contributed by atoms with Crippen LogP contribution in [0, 0.1) is 0 Å². The Kier molecular flexibility index (Phi) is 24.7. The molecule has 0 aliphatic heterocycles. The predicted molar refractivity (Wildman–Crippen MR) is 136 cm³/mol. The Balaban J connectivity index is 3.39. The van der Waals surface area contributed by atoms with Gasteiger partial charge < -0.3 is 18.4 Å². The monoisotopic (exact) mass is 460 g/mol. The second kappa shape index (κ2) is 24.7. The first-order chi connectivity index (χ1) is 15.2. The zero-order valence-electron chi connectivity index (χ0n) is 21.4. The van der Waals surface area contributed by atoms with Crippen LogP contribution in [-0.2, 0) is 13.3 Å². The maximum Gasteiger partial charge on any atom is 0.500 e. The molecule has 0 atom stereocenters. The van der Waals surface area contributed by atoms with Gasteiger partial charge in [0.15, 0.2) is 0 Å². The number of aliphatic hydroxyl groups is 1. The molecule has 188 valence electrons. The van der Waals surface area contributed by atoms with Crippen molar-refractivity contribution < 1.29 is 18.4 Å². The Morgan fingerprint density at radius 3 is 0.935 bits per heavy atom. The van der Waals surface area contributed by atoms with E-state index in [1.54, 1.807) is 0 Å². The SMILES string of the molecule is CCO[Si](CCCCCCCCCCCCCCCCCCCCO)(OCC)OCC. The minimum absolute atomic E-state index is 0.362. The zero-order valence-corrected chi connectivity index (χ0v) is 22.4. The molecule has 0 aliphatic rings. The molecule has 0 bridgehead atoms. The van der Waals surface area contributed by atoms with E-state index in [1.807, 2.05) is 20.8 Å². The first-order valence-corrected chi connectivity index (χ1v) is 15.7. The Morgan fingerprint density at radius 1 is 0.419 bits per heavy atom. The molecule has 0 unspecified atom stereocenters. The van der Waals surface area contributed by atoms with Crippen LogP contribution in [0.5, 0.6) is 0 Å². The predicted octanol–water partition coefficient (Wildman–Crippen LogP) is 8.05. The van der Waals surface area contributed by atoms with E-state index in [0.717, 1.165) is 18.9 Å². The van der Waals surface area contributed by atoms with E-state index in [2.05, 4.69) is 0 Å². The molecule has 4 nitrogen and oxygen atoms in total. The summed E-state index contributed by atoms with van der Waals surface area (Å²) in [5.74, 6) is 0. The van der Waals surface area contributed by atoms with Crippen LogP contribution in [0.3, 0.4) is 0 Å². The molecule has 0 rings (SSSR count). The number of hydrogen-bond acceptors (Lipinski definition) is 4. The highest BCUT2D eigenvalue weighted by Crippen LogP contribution is 2.21. The van der Waals surface area contributed by atoms with Crippen LogP contribution in [0.1, 0.15) is 136 Å². The smallest absolute Gasteiger partial charge is 0.396 e. The Hall–Kier alpha value is 0.0569. The van der Waals surface area contributed by atoms with Crippen molar-refractivity contribution in [2.24, 2.45) is 0 Å². The number of hydrogen-bond donors (Lipinski definition) is 1. The molecule has 0 aromatic rings. The summed E-state index contributed by atoms with van der Waals surface area (Å²) in [7, 11) is -2.42. The second-order valence-corrected chi connectivity index (χ2v) is 11.6. The summed E-state index contributed by atoms with van der Waals surface area (Å²) in [5, 5.41) is 8.76. The fourth-order valence-corrected chi connectivity index (χ4v) is 6.97. The van der Waals surface area contributed by atoms with Crippen LogP contribution in [0.4, 0.5) is 0 Å². The molecule has 0 aliphatic carbocycles. The van der Waals surface area contributed by atoms with Gasteiger partial charge in [-0.15, -0.1) is 0 Å². The largest absolute Gasteiger partial charge is 0.500 e. The van der Waals surface area contributed by atoms with Crippen LogP contribution >= 0.6 is 0 Å². The van der Waals surface area contributed by atoms with Crippen molar-refractivity contribution in [1.29, 1.82) is 0 Å². The maximum absolute atomic E-state index is 8.76. The summed E-state index contributed by atoms with van der Waals surface area (Å²) < 4.78 is 17.8. The van der Waals surface area contributed by atoms with Gasteiger partial charge in [0.05, 0.1) is 0 Å². The fourth-order valence-electron chi connectivity index (χ4n) is 4.28. The zero-order chi connectivity index (χ0) is 22.9. The van der Waals surface area contributed by atoms with E-state index in [4.69, 9.17) is 18.4 Å². The van der Waals surface area contributed by atoms with Gasteiger partial charge in [-0.25, -0.2) is 0 Å². The molecule has 0 radical (unpaired) electrons. The van der Waals surface area contributed by atoms with Crippen molar-refractivity contribution in [3.05, 3.63) is 0 Å².